The van der Waals surface area contributed by atoms with Crippen LogP contribution in [0, 0.1) is 0 Å². The third-order valence-corrected chi connectivity index (χ3v) is 3.60. The summed E-state index contributed by atoms with van der Waals surface area (Å²) in [6.07, 6.45) is 0.711. The Bertz CT molecular complexity index is 610. The van der Waals surface area contributed by atoms with E-state index in [0.29, 0.717) is 29.9 Å². The molecule has 21 heavy (non-hydrogen) atoms. The maximum atomic E-state index is 11.7. The molecular formula is C15H15NO4S. The van der Waals surface area contributed by atoms with Crippen molar-refractivity contribution in [1.82, 2.24) is 5.32 Å². The third-order valence-electron chi connectivity index (χ3n) is 2.72. The second-order valence-corrected chi connectivity index (χ2v) is 5.21. The summed E-state index contributed by atoms with van der Waals surface area (Å²) in [5.41, 5.74) is 0.463. The molecule has 0 saturated carbocycles. The van der Waals surface area contributed by atoms with E-state index in [1.165, 1.54) is 7.11 Å². The van der Waals surface area contributed by atoms with Crippen LogP contribution in [0.4, 0.5) is 0 Å². The van der Waals surface area contributed by atoms with Crippen molar-refractivity contribution < 1.29 is 19.1 Å². The van der Waals surface area contributed by atoms with Gasteiger partial charge in [-0.1, -0.05) is 6.07 Å². The van der Waals surface area contributed by atoms with E-state index in [1.54, 1.807) is 29.5 Å². The molecule has 0 aliphatic carbocycles. The van der Waals surface area contributed by atoms with Gasteiger partial charge < -0.3 is 14.8 Å². The quantitative estimate of drug-likeness (QED) is 0.797. The molecule has 6 heteroatoms. The highest BCUT2D eigenvalue weighted by molar-refractivity contribution is 7.09. The number of carbonyl (C=O) groups excluding carboxylic acids is 2. The predicted molar refractivity (Wildman–Crippen MR) is 80.0 cm³/mol. The molecule has 1 amide bonds. The van der Waals surface area contributed by atoms with E-state index < -0.39 is 0 Å². The van der Waals surface area contributed by atoms with Crippen molar-refractivity contribution in [2.45, 2.75) is 6.54 Å². The Labute approximate surface area is 126 Å². The van der Waals surface area contributed by atoms with Crippen molar-refractivity contribution in [3.63, 3.8) is 0 Å². The molecule has 0 saturated heterocycles. The summed E-state index contributed by atoms with van der Waals surface area (Å²) in [5.74, 6) is 0.613. The number of amides is 1. The summed E-state index contributed by atoms with van der Waals surface area (Å²) in [6, 6.07) is 8.66. The fraction of sp³-hybridized carbons (Fsp3) is 0.200. The Hall–Kier alpha value is -2.34. The third kappa shape index (κ3) is 4.32. The van der Waals surface area contributed by atoms with E-state index in [1.807, 2.05) is 17.5 Å². The van der Waals surface area contributed by atoms with Crippen LogP contribution in [0.25, 0.3) is 0 Å². The van der Waals surface area contributed by atoms with Gasteiger partial charge in [-0.05, 0) is 29.6 Å². The molecular weight excluding hydrogens is 290 g/mol. The molecule has 2 aromatic rings. The fourth-order valence-electron chi connectivity index (χ4n) is 1.67. The van der Waals surface area contributed by atoms with Gasteiger partial charge in [0.05, 0.1) is 13.7 Å². The van der Waals surface area contributed by atoms with Gasteiger partial charge in [0.25, 0.3) is 5.91 Å². The maximum Gasteiger partial charge on any atom is 0.258 e. The number of carbonyl (C=O) groups is 2. The minimum absolute atomic E-state index is 0.135. The number of aldehydes is 1. The number of ether oxygens (including phenoxy) is 2. The summed E-state index contributed by atoms with van der Waals surface area (Å²) in [7, 11) is 1.50. The highest BCUT2D eigenvalue weighted by atomic mass is 32.1. The Morgan fingerprint density at radius 1 is 1.33 bits per heavy atom. The van der Waals surface area contributed by atoms with E-state index in [4.69, 9.17) is 9.47 Å². The number of rotatable bonds is 7. The van der Waals surface area contributed by atoms with Crippen molar-refractivity contribution in [3.8, 4) is 11.5 Å². The van der Waals surface area contributed by atoms with Crippen LogP contribution in [0.5, 0.6) is 11.5 Å². The molecule has 1 N–H and O–H groups in total. The van der Waals surface area contributed by atoms with Crippen molar-refractivity contribution in [2.24, 2.45) is 0 Å². The van der Waals surface area contributed by atoms with Crippen LogP contribution in [0.2, 0.25) is 0 Å². The summed E-state index contributed by atoms with van der Waals surface area (Å²) in [5, 5.41) is 4.71. The number of hydrogen-bond acceptors (Lipinski definition) is 5. The van der Waals surface area contributed by atoms with Crippen LogP contribution >= 0.6 is 11.3 Å². The lowest BCUT2D eigenvalue weighted by atomic mass is 10.2. The molecule has 0 fully saturated rings. The minimum atomic E-state index is -0.234. The van der Waals surface area contributed by atoms with Gasteiger partial charge in [0.2, 0.25) is 0 Å². The van der Waals surface area contributed by atoms with E-state index in [2.05, 4.69) is 5.32 Å². The second-order valence-electron chi connectivity index (χ2n) is 4.17. The minimum Gasteiger partial charge on any atom is -0.493 e. The summed E-state index contributed by atoms with van der Waals surface area (Å²) < 4.78 is 10.5. The lowest BCUT2D eigenvalue weighted by Crippen LogP contribution is -2.28. The summed E-state index contributed by atoms with van der Waals surface area (Å²) >= 11 is 1.58. The van der Waals surface area contributed by atoms with Crippen LogP contribution in [-0.4, -0.2) is 25.9 Å². The highest BCUT2D eigenvalue weighted by Crippen LogP contribution is 2.27. The molecule has 1 heterocycles. The van der Waals surface area contributed by atoms with Gasteiger partial charge in [-0.15, -0.1) is 11.3 Å². The fourth-order valence-corrected chi connectivity index (χ4v) is 2.32. The van der Waals surface area contributed by atoms with Gasteiger partial charge in [-0.25, -0.2) is 0 Å². The zero-order chi connectivity index (χ0) is 15.1. The number of hydrogen-bond donors (Lipinski definition) is 1. The summed E-state index contributed by atoms with van der Waals surface area (Å²) in [6.45, 7) is 0.343. The first-order valence-corrected chi connectivity index (χ1v) is 7.16. The predicted octanol–water partition coefficient (Wildman–Crippen LogP) is 2.26. The van der Waals surface area contributed by atoms with Crippen molar-refractivity contribution in [2.75, 3.05) is 13.7 Å². The SMILES string of the molecule is COc1ccc(C=O)cc1OCC(=O)NCc1cccs1. The zero-order valence-electron chi connectivity index (χ0n) is 11.5. The Balaban J connectivity index is 1.89. The number of methoxy groups -OCH3 is 1. The Morgan fingerprint density at radius 2 is 2.19 bits per heavy atom. The maximum absolute atomic E-state index is 11.7. The molecule has 0 atom stereocenters. The highest BCUT2D eigenvalue weighted by Gasteiger charge is 2.08. The van der Waals surface area contributed by atoms with Crippen LogP contribution in [0.15, 0.2) is 35.7 Å². The zero-order valence-corrected chi connectivity index (χ0v) is 12.3. The van der Waals surface area contributed by atoms with E-state index in [-0.39, 0.29) is 12.5 Å². The van der Waals surface area contributed by atoms with Crippen LogP contribution in [0.1, 0.15) is 15.2 Å². The first-order chi connectivity index (χ1) is 10.2. The molecule has 0 bridgehead atoms. The van der Waals surface area contributed by atoms with Crippen molar-refractivity contribution >= 4 is 23.5 Å². The van der Waals surface area contributed by atoms with Gasteiger partial charge in [0, 0.05) is 10.4 Å². The van der Waals surface area contributed by atoms with E-state index in [9.17, 15) is 9.59 Å². The van der Waals surface area contributed by atoms with Gasteiger partial charge in [-0.3, -0.25) is 9.59 Å². The molecule has 0 aliphatic rings. The molecule has 0 unspecified atom stereocenters. The standard InChI is InChI=1S/C15H15NO4S/c1-19-13-5-4-11(9-17)7-14(13)20-10-15(18)16-8-12-3-2-6-21-12/h2-7,9H,8,10H2,1H3,(H,16,18). The summed E-state index contributed by atoms with van der Waals surface area (Å²) in [4.78, 5) is 23.6. The molecule has 2 rings (SSSR count). The largest absolute Gasteiger partial charge is 0.493 e. The lowest BCUT2D eigenvalue weighted by molar-refractivity contribution is -0.123. The van der Waals surface area contributed by atoms with Gasteiger partial charge >= 0.3 is 0 Å². The number of thiophene rings is 1. The topological polar surface area (TPSA) is 64.6 Å². The molecule has 1 aromatic carbocycles. The van der Waals surface area contributed by atoms with Crippen LogP contribution < -0.4 is 14.8 Å². The molecule has 110 valence electrons. The van der Waals surface area contributed by atoms with Crippen LogP contribution in [-0.2, 0) is 11.3 Å². The van der Waals surface area contributed by atoms with Gasteiger partial charge in [0.1, 0.15) is 6.29 Å². The average molecular weight is 305 g/mol. The number of nitrogens with one attached hydrogen (secondary N) is 1. The monoisotopic (exact) mass is 305 g/mol. The first-order valence-electron chi connectivity index (χ1n) is 6.28. The normalized spacial score (nSPS) is 9.95. The van der Waals surface area contributed by atoms with E-state index >= 15 is 0 Å². The van der Waals surface area contributed by atoms with Gasteiger partial charge in [-0.2, -0.15) is 0 Å². The molecule has 5 nitrogen and oxygen atoms in total. The lowest BCUT2D eigenvalue weighted by Gasteiger charge is -2.11. The van der Waals surface area contributed by atoms with Crippen molar-refractivity contribution in [1.29, 1.82) is 0 Å². The number of benzene rings is 1. The second kappa shape index (κ2) is 7.44. The van der Waals surface area contributed by atoms with E-state index in [0.717, 1.165) is 4.88 Å². The molecule has 1 aromatic heterocycles. The van der Waals surface area contributed by atoms with Crippen molar-refractivity contribution in [3.05, 3.63) is 46.2 Å². The molecule has 0 aliphatic heterocycles. The average Bonchev–Trinajstić information content (AvgIpc) is 3.04. The first kappa shape index (κ1) is 15.1. The Morgan fingerprint density at radius 3 is 2.86 bits per heavy atom. The molecule has 0 spiro atoms. The smallest absolute Gasteiger partial charge is 0.258 e. The van der Waals surface area contributed by atoms with Gasteiger partial charge in [0.15, 0.2) is 18.1 Å². The molecule has 0 radical (unpaired) electrons. The van der Waals surface area contributed by atoms with Crippen LogP contribution in [0.3, 0.4) is 0 Å². The Kier molecular flexibility index (Phi) is 5.34.